The molecule has 2 rings (SSSR count). The fraction of sp³-hybridized carbons (Fsp3) is 0.389. The topological polar surface area (TPSA) is 24.9 Å². The number of benzene rings is 1. The van der Waals surface area contributed by atoms with Gasteiger partial charge < -0.3 is 5.32 Å². The fourth-order valence-corrected chi connectivity index (χ4v) is 2.82. The summed E-state index contributed by atoms with van der Waals surface area (Å²) in [5, 5.41) is 3.64. The molecule has 0 saturated carbocycles. The van der Waals surface area contributed by atoms with Gasteiger partial charge in [-0.2, -0.15) is 0 Å². The minimum absolute atomic E-state index is 0.433. The maximum absolute atomic E-state index is 4.47. The van der Waals surface area contributed by atoms with E-state index < -0.39 is 0 Å². The first-order valence-corrected chi connectivity index (χ1v) is 7.53. The average Bonchev–Trinajstić information content (AvgIpc) is 2.50. The Morgan fingerprint density at radius 2 is 1.75 bits per heavy atom. The highest BCUT2D eigenvalue weighted by atomic mass is 14.9. The molecular formula is C18H24N2. The minimum atomic E-state index is 0.433. The predicted octanol–water partition coefficient (Wildman–Crippen LogP) is 3.80. The van der Waals surface area contributed by atoms with Crippen LogP contribution < -0.4 is 5.32 Å². The van der Waals surface area contributed by atoms with Crippen LogP contribution in [0.2, 0.25) is 0 Å². The number of aromatic nitrogens is 1. The third-order valence-electron chi connectivity index (χ3n) is 3.77. The van der Waals surface area contributed by atoms with Crippen LogP contribution in [0.15, 0.2) is 54.7 Å². The zero-order valence-electron chi connectivity index (χ0n) is 12.4. The zero-order chi connectivity index (χ0) is 14.2. The van der Waals surface area contributed by atoms with Crippen LogP contribution in [0, 0.1) is 0 Å². The first-order valence-electron chi connectivity index (χ1n) is 7.53. The van der Waals surface area contributed by atoms with E-state index in [9.17, 15) is 0 Å². The van der Waals surface area contributed by atoms with Gasteiger partial charge in [0.05, 0.1) is 0 Å². The highest BCUT2D eigenvalue weighted by Gasteiger charge is 2.21. The molecule has 0 aliphatic rings. The third kappa shape index (κ3) is 3.91. The van der Waals surface area contributed by atoms with Gasteiger partial charge in [-0.05, 0) is 36.6 Å². The third-order valence-corrected chi connectivity index (χ3v) is 3.77. The van der Waals surface area contributed by atoms with E-state index in [1.807, 2.05) is 12.3 Å². The molecule has 0 bridgehead atoms. The summed E-state index contributed by atoms with van der Waals surface area (Å²) in [4.78, 5) is 4.47. The lowest BCUT2D eigenvalue weighted by molar-refractivity contribution is 0.425. The van der Waals surface area contributed by atoms with Crippen LogP contribution in [-0.2, 0) is 6.42 Å². The maximum atomic E-state index is 4.47. The van der Waals surface area contributed by atoms with Crippen molar-refractivity contribution in [3.8, 4) is 0 Å². The molecule has 2 aromatic rings. The van der Waals surface area contributed by atoms with Gasteiger partial charge in [0.2, 0.25) is 0 Å². The lowest BCUT2D eigenvalue weighted by Crippen LogP contribution is -2.36. The van der Waals surface area contributed by atoms with E-state index >= 15 is 0 Å². The van der Waals surface area contributed by atoms with Crippen LogP contribution in [0.4, 0.5) is 0 Å². The van der Waals surface area contributed by atoms with Gasteiger partial charge in [0.25, 0.3) is 0 Å². The molecule has 0 radical (unpaired) electrons. The summed E-state index contributed by atoms with van der Waals surface area (Å²) in [5.74, 6) is 0.526. The Labute approximate surface area is 122 Å². The van der Waals surface area contributed by atoms with E-state index in [2.05, 4.69) is 66.6 Å². The summed E-state index contributed by atoms with van der Waals surface area (Å²) in [6.07, 6.45) is 3.98. The largest absolute Gasteiger partial charge is 0.313 e. The van der Waals surface area contributed by atoms with Crippen LogP contribution in [0.3, 0.4) is 0 Å². The second kappa shape index (κ2) is 7.81. The molecule has 1 aromatic carbocycles. The molecule has 2 heteroatoms. The van der Waals surface area contributed by atoms with Crippen LogP contribution in [0.25, 0.3) is 0 Å². The molecule has 0 fully saturated rings. The van der Waals surface area contributed by atoms with Crippen LogP contribution in [-0.4, -0.2) is 17.6 Å². The van der Waals surface area contributed by atoms with Gasteiger partial charge in [-0.15, -0.1) is 0 Å². The average molecular weight is 268 g/mol. The van der Waals surface area contributed by atoms with Gasteiger partial charge in [0, 0.05) is 24.4 Å². The van der Waals surface area contributed by atoms with E-state index in [-0.39, 0.29) is 0 Å². The molecule has 0 amide bonds. The fourth-order valence-electron chi connectivity index (χ4n) is 2.82. The Balaban J connectivity index is 2.17. The van der Waals surface area contributed by atoms with Crippen molar-refractivity contribution >= 4 is 0 Å². The number of likely N-dealkylation sites (N-methyl/N-ethyl adjacent to an activating group) is 1. The standard InChI is InChI=1S/C18H24N2/c1-3-17(15-10-6-5-7-11-15)18(19-4-2)14-16-12-8-9-13-20-16/h5-13,17-19H,3-4,14H2,1-2H3. The Morgan fingerprint density at radius 1 is 1.00 bits per heavy atom. The predicted molar refractivity (Wildman–Crippen MR) is 84.9 cm³/mol. The zero-order valence-corrected chi connectivity index (χ0v) is 12.4. The number of rotatable bonds is 7. The summed E-state index contributed by atoms with van der Waals surface area (Å²) in [5.41, 5.74) is 2.57. The van der Waals surface area contributed by atoms with Gasteiger partial charge in [0.1, 0.15) is 0 Å². The molecular weight excluding hydrogens is 244 g/mol. The van der Waals surface area contributed by atoms with Crippen molar-refractivity contribution in [3.63, 3.8) is 0 Å². The van der Waals surface area contributed by atoms with Crippen molar-refractivity contribution in [2.24, 2.45) is 0 Å². The highest BCUT2D eigenvalue weighted by molar-refractivity contribution is 5.22. The van der Waals surface area contributed by atoms with E-state index in [0.29, 0.717) is 12.0 Å². The van der Waals surface area contributed by atoms with Gasteiger partial charge >= 0.3 is 0 Å². The van der Waals surface area contributed by atoms with Crippen LogP contribution in [0.1, 0.15) is 37.4 Å². The molecule has 2 atom stereocenters. The normalized spacial score (nSPS) is 13.9. The molecule has 1 N–H and O–H groups in total. The second-order valence-corrected chi connectivity index (χ2v) is 5.11. The van der Waals surface area contributed by atoms with Crippen molar-refractivity contribution in [1.82, 2.24) is 10.3 Å². The molecule has 2 nitrogen and oxygen atoms in total. The van der Waals surface area contributed by atoms with E-state index in [4.69, 9.17) is 0 Å². The Bertz CT molecular complexity index is 481. The summed E-state index contributed by atoms with van der Waals surface area (Å²) < 4.78 is 0. The van der Waals surface area contributed by atoms with E-state index in [1.54, 1.807) is 0 Å². The summed E-state index contributed by atoms with van der Waals surface area (Å²) >= 11 is 0. The monoisotopic (exact) mass is 268 g/mol. The Hall–Kier alpha value is -1.67. The smallest absolute Gasteiger partial charge is 0.0419 e. The van der Waals surface area contributed by atoms with Crippen molar-refractivity contribution in [3.05, 3.63) is 66.0 Å². The highest BCUT2D eigenvalue weighted by Crippen LogP contribution is 2.25. The number of hydrogen-bond donors (Lipinski definition) is 1. The minimum Gasteiger partial charge on any atom is -0.313 e. The summed E-state index contributed by atoms with van der Waals surface area (Å²) in [6, 6.07) is 17.4. The lowest BCUT2D eigenvalue weighted by atomic mass is 9.86. The van der Waals surface area contributed by atoms with Gasteiger partial charge in [-0.25, -0.2) is 0 Å². The molecule has 1 aromatic heterocycles. The quantitative estimate of drug-likeness (QED) is 0.826. The second-order valence-electron chi connectivity index (χ2n) is 5.11. The number of nitrogens with zero attached hydrogens (tertiary/aromatic N) is 1. The SMILES string of the molecule is CCNC(Cc1ccccn1)C(CC)c1ccccc1. The molecule has 1 heterocycles. The van der Waals surface area contributed by atoms with Crippen LogP contribution in [0.5, 0.6) is 0 Å². The first kappa shape index (κ1) is 14.7. The maximum Gasteiger partial charge on any atom is 0.0419 e. The van der Waals surface area contributed by atoms with Gasteiger partial charge in [0.15, 0.2) is 0 Å². The lowest BCUT2D eigenvalue weighted by Gasteiger charge is -2.27. The molecule has 106 valence electrons. The molecule has 2 unspecified atom stereocenters. The van der Waals surface area contributed by atoms with Gasteiger partial charge in [-0.3, -0.25) is 4.98 Å². The Kier molecular flexibility index (Phi) is 5.75. The van der Waals surface area contributed by atoms with E-state index in [1.165, 1.54) is 5.56 Å². The number of hydrogen-bond acceptors (Lipinski definition) is 2. The van der Waals surface area contributed by atoms with Crippen molar-refractivity contribution in [2.45, 2.75) is 38.6 Å². The molecule has 0 aliphatic heterocycles. The van der Waals surface area contributed by atoms with Crippen LogP contribution >= 0.6 is 0 Å². The van der Waals surface area contributed by atoms with Crippen molar-refractivity contribution in [2.75, 3.05) is 6.54 Å². The number of pyridine rings is 1. The Morgan fingerprint density at radius 3 is 2.35 bits per heavy atom. The molecule has 0 saturated heterocycles. The first-order chi connectivity index (χ1) is 9.85. The summed E-state index contributed by atoms with van der Waals surface area (Å²) in [7, 11) is 0. The van der Waals surface area contributed by atoms with E-state index in [0.717, 1.165) is 25.1 Å². The van der Waals surface area contributed by atoms with Crippen molar-refractivity contribution < 1.29 is 0 Å². The summed E-state index contributed by atoms with van der Waals surface area (Å²) in [6.45, 7) is 5.42. The molecule has 20 heavy (non-hydrogen) atoms. The number of nitrogens with one attached hydrogen (secondary N) is 1. The molecule has 0 spiro atoms. The van der Waals surface area contributed by atoms with Gasteiger partial charge in [-0.1, -0.05) is 50.2 Å². The van der Waals surface area contributed by atoms with Crippen molar-refractivity contribution in [1.29, 1.82) is 0 Å². The molecule has 0 aliphatic carbocycles.